The molecule has 1 N–H and O–H groups in total. The average molecular weight is 520 g/mol. The third-order valence-corrected chi connectivity index (χ3v) is 6.41. The Labute approximate surface area is 209 Å². The van der Waals surface area contributed by atoms with Gasteiger partial charge in [-0.25, -0.2) is 0 Å². The number of carbonyl (C=O) groups excluding carboxylic acids is 1. The highest BCUT2D eigenvalue weighted by Gasteiger charge is 2.19. The van der Waals surface area contributed by atoms with Crippen LogP contribution >= 0.6 is 46.6 Å². The van der Waals surface area contributed by atoms with Crippen molar-refractivity contribution in [2.24, 2.45) is 0 Å². The number of carbonyl (C=O) groups is 1. The fourth-order valence-corrected chi connectivity index (χ4v) is 4.43. The lowest BCUT2D eigenvalue weighted by atomic mass is 10.2. The van der Waals surface area contributed by atoms with Crippen molar-refractivity contribution in [2.75, 3.05) is 18.2 Å². The summed E-state index contributed by atoms with van der Waals surface area (Å²) in [5.74, 6) is 0.990. The van der Waals surface area contributed by atoms with Crippen LogP contribution in [0, 0.1) is 0 Å². The van der Waals surface area contributed by atoms with E-state index in [-0.39, 0.29) is 11.7 Å². The normalized spacial score (nSPS) is 10.8. The molecule has 0 aliphatic rings. The van der Waals surface area contributed by atoms with Crippen molar-refractivity contribution >= 4 is 58.2 Å². The summed E-state index contributed by atoms with van der Waals surface area (Å²) in [5.41, 5.74) is 2.09. The Bertz CT molecular complexity index is 1300. The van der Waals surface area contributed by atoms with Crippen LogP contribution in [-0.2, 0) is 4.79 Å². The molecular formula is C23H17Cl3N4O2S. The molecule has 33 heavy (non-hydrogen) atoms. The van der Waals surface area contributed by atoms with Crippen molar-refractivity contribution in [1.82, 2.24) is 14.8 Å². The molecular weight excluding hydrogens is 503 g/mol. The molecule has 168 valence electrons. The number of aromatic nitrogens is 3. The summed E-state index contributed by atoms with van der Waals surface area (Å²) in [6.07, 6.45) is 0. The van der Waals surface area contributed by atoms with E-state index in [9.17, 15) is 4.79 Å². The van der Waals surface area contributed by atoms with E-state index >= 15 is 0 Å². The molecule has 0 spiro atoms. The third-order valence-electron chi connectivity index (χ3n) is 4.60. The zero-order valence-electron chi connectivity index (χ0n) is 17.3. The van der Waals surface area contributed by atoms with E-state index in [0.29, 0.717) is 37.5 Å². The van der Waals surface area contributed by atoms with Gasteiger partial charge in [0.2, 0.25) is 5.91 Å². The lowest BCUT2D eigenvalue weighted by molar-refractivity contribution is -0.113. The molecule has 4 rings (SSSR count). The van der Waals surface area contributed by atoms with Gasteiger partial charge in [-0.05, 0) is 54.6 Å². The minimum Gasteiger partial charge on any atom is -0.495 e. The summed E-state index contributed by atoms with van der Waals surface area (Å²) in [6.45, 7) is 0. The summed E-state index contributed by atoms with van der Waals surface area (Å²) < 4.78 is 6.98. The summed E-state index contributed by atoms with van der Waals surface area (Å²) in [6, 6.07) is 19.7. The Morgan fingerprint density at radius 2 is 1.76 bits per heavy atom. The fourth-order valence-electron chi connectivity index (χ4n) is 3.07. The first-order valence-corrected chi connectivity index (χ1v) is 11.8. The van der Waals surface area contributed by atoms with E-state index in [4.69, 9.17) is 39.5 Å². The second-order valence-corrected chi connectivity index (χ2v) is 8.98. The van der Waals surface area contributed by atoms with Crippen LogP contribution in [-0.4, -0.2) is 33.5 Å². The molecule has 0 fully saturated rings. The molecule has 1 heterocycles. The summed E-state index contributed by atoms with van der Waals surface area (Å²) in [7, 11) is 1.53. The van der Waals surface area contributed by atoms with Gasteiger partial charge in [-0.2, -0.15) is 0 Å². The molecule has 3 aromatic carbocycles. The van der Waals surface area contributed by atoms with Crippen LogP contribution in [0.4, 0.5) is 5.69 Å². The predicted molar refractivity (Wildman–Crippen MR) is 134 cm³/mol. The minimum absolute atomic E-state index is 0.109. The SMILES string of the molecule is COc1ccc(NC(=O)CSc2nnc(-c3ccccc3Cl)n2-c2ccc(Cl)cc2)cc1Cl. The van der Waals surface area contributed by atoms with E-state index in [1.54, 1.807) is 36.4 Å². The van der Waals surface area contributed by atoms with Crippen LogP contribution in [0.25, 0.3) is 17.1 Å². The Kier molecular flexibility index (Phi) is 7.45. The third kappa shape index (κ3) is 5.45. The Morgan fingerprint density at radius 1 is 1.00 bits per heavy atom. The molecule has 0 unspecified atom stereocenters. The number of hydrogen-bond donors (Lipinski definition) is 1. The number of amides is 1. The first kappa shape index (κ1) is 23.4. The molecule has 0 radical (unpaired) electrons. The predicted octanol–water partition coefficient (Wildman–Crippen LogP) is 6.63. The molecule has 0 bridgehead atoms. The number of nitrogens with zero attached hydrogens (tertiary/aromatic N) is 3. The smallest absolute Gasteiger partial charge is 0.234 e. The molecule has 0 atom stereocenters. The van der Waals surface area contributed by atoms with Crippen LogP contribution in [0.5, 0.6) is 5.75 Å². The van der Waals surface area contributed by atoms with Gasteiger partial charge < -0.3 is 10.1 Å². The Morgan fingerprint density at radius 3 is 2.45 bits per heavy atom. The van der Waals surface area contributed by atoms with Crippen LogP contribution in [0.15, 0.2) is 71.9 Å². The number of methoxy groups -OCH3 is 1. The number of anilines is 1. The van der Waals surface area contributed by atoms with Crippen molar-refractivity contribution in [1.29, 1.82) is 0 Å². The van der Waals surface area contributed by atoms with Gasteiger partial charge >= 0.3 is 0 Å². The van der Waals surface area contributed by atoms with Gasteiger partial charge in [0.05, 0.1) is 22.9 Å². The van der Waals surface area contributed by atoms with Gasteiger partial charge in [-0.1, -0.05) is 58.7 Å². The number of ether oxygens (including phenoxy) is 1. The van der Waals surface area contributed by atoms with E-state index in [0.717, 1.165) is 11.3 Å². The molecule has 6 nitrogen and oxygen atoms in total. The largest absolute Gasteiger partial charge is 0.495 e. The van der Waals surface area contributed by atoms with Crippen molar-refractivity contribution < 1.29 is 9.53 Å². The topological polar surface area (TPSA) is 69.0 Å². The maximum absolute atomic E-state index is 12.6. The minimum atomic E-state index is -0.216. The molecule has 0 aliphatic heterocycles. The Hall–Kier alpha value is -2.71. The van der Waals surface area contributed by atoms with Crippen molar-refractivity contribution in [3.05, 3.63) is 81.8 Å². The highest BCUT2D eigenvalue weighted by molar-refractivity contribution is 7.99. The summed E-state index contributed by atoms with van der Waals surface area (Å²) in [4.78, 5) is 12.6. The fraction of sp³-hybridized carbons (Fsp3) is 0.0870. The quantitative estimate of drug-likeness (QED) is 0.277. The first-order chi connectivity index (χ1) is 16.0. The second-order valence-electron chi connectivity index (χ2n) is 6.78. The summed E-state index contributed by atoms with van der Waals surface area (Å²) >= 11 is 19.9. The van der Waals surface area contributed by atoms with Crippen LogP contribution in [0.3, 0.4) is 0 Å². The van der Waals surface area contributed by atoms with Gasteiger partial charge in [0.25, 0.3) is 0 Å². The van der Waals surface area contributed by atoms with Gasteiger partial charge in [0.1, 0.15) is 5.75 Å². The van der Waals surface area contributed by atoms with Gasteiger partial charge in [0, 0.05) is 22.0 Å². The average Bonchev–Trinajstić information content (AvgIpc) is 3.22. The molecule has 0 aliphatic carbocycles. The number of benzene rings is 3. The van der Waals surface area contributed by atoms with Crippen LogP contribution in [0.1, 0.15) is 0 Å². The van der Waals surface area contributed by atoms with E-state index in [1.165, 1.54) is 18.9 Å². The lowest BCUT2D eigenvalue weighted by Gasteiger charge is -2.12. The van der Waals surface area contributed by atoms with E-state index in [1.807, 2.05) is 34.9 Å². The van der Waals surface area contributed by atoms with Gasteiger partial charge in [0.15, 0.2) is 11.0 Å². The maximum atomic E-state index is 12.6. The van der Waals surface area contributed by atoms with E-state index < -0.39 is 0 Å². The molecule has 0 saturated heterocycles. The number of thioether (sulfide) groups is 1. The monoisotopic (exact) mass is 518 g/mol. The molecule has 4 aromatic rings. The first-order valence-electron chi connectivity index (χ1n) is 9.68. The van der Waals surface area contributed by atoms with Crippen LogP contribution in [0.2, 0.25) is 15.1 Å². The number of hydrogen-bond acceptors (Lipinski definition) is 5. The van der Waals surface area contributed by atoms with E-state index in [2.05, 4.69) is 15.5 Å². The lowest BCUT2D eigenvalue weighted by Crippen LogP contribution is -2.14. The molecule has 10 heteroatoms. The van der Waals surface area contributed by atoms with Crippen molar-refractivity contribution in [2.45, 2.75) is 5.16 Å². The number of rotatable bonds is 7. The second kappa shape index (κ2) is 10.5. The number of nitrogens with one attached hydrogen (secondary N) is 1. The molecule has 1 amide bonds. The standard InChI is InChI=1S/C23H17Cl3N4O2S/c1-32-20-11-8-15(12-19(20)26)27-21(31)13-33-23-29-28-22(17-4-2-3-5-18(17)25)30(23)16-9-6-14(24)7-10-16/h2-12H,13H2,1H3,(H,27,31). The zero-order chi connectivity index (χ0) is 23.4. The van der Waals surface area contributed by atoms with Gasteiger partial charge in [-0.3, -0.25) is 9.36 Å². The van der Waals surface area contributed by atoms with Crippen molar-refractivity contribution in [3.8, 4) is 22.8 Å². The van der Waals surface area contributed by atoms with Crippen LogP contribution < -0.4 is 10.1 Å². The molecule has 1 aromatic heterocycles. The highest BCUT2D eigenvalue weighted by Crippen LogP contribution is 2.32. The van der Waals surface area contributed by atoms with Crippen molar-refractivity contribution in [3.63, 3.8) is 0 Å². The maximum Gasteiger partial charge on any atom is 0.234 e. The highest BCUT2D eigenvalue weighted by atomic mass is 35.5. The molecule has 0 saturated carbocycles. The summed E-state index contributed by atoms with van der Waals surface area (Å²) in [5, 5.41) is 13.6. The Balaban J connectivity index is 1.58. The zero-order valence-corrected chi connectivity index (χ0v) is 20.3. The number of halogens is 3. The van der Waals surface area contributed by atoms with Gasteiger partial charge in [-0.15, -0.1) is 10.2 Å².